The van der Waals surface area contributed by atoms with E-state index in [0.717, 1.165) is 4.90 Å². The highest BCUT2D eigenvalue weighted by atomic mass is 16.5. The smallest absolute Gasteiger partial charge is 0.337 e. The number of fused-ring (bicyclic) bond motifs is 1. The standard InChI is InChI=1S/C20H18N4O5/c1-28-15-9-8-12(20(27)29-2)10-13(15)11-23-17-16(21-22-23)18(25)24(19(17)26)14-6-4-3-5-7-14/h3-10,16-17H,11H2,1-2H3/t16-,17-/m0/s1. The fraction of sp³-hybridized carbons (Fsp3) is 0.250. The first kappa shape index (κ1) is 18.6. The van der Waals surface area contributed by atoms with Crippen LogP contribution in [0.3, 0.4) is 0 Å². The predicted molar refractivity (Wildman–Crippen MR) is 101 cm³/mol. The van der Waals surface area contributed by atoms with Crippen molar-refractivity contribution in [1.29, 1.82) is 0 Å². The summed E-state index contributed by atoms with van der Waals surface area (Å²) in [5, 5.41) is 9.50. The van der Waals surface area contributed by atoms with Gasteiger partial charge >= 0.3 is 5.97 Å². The fourth-order valence-corrected chi connectivity index (χ4v) is 3.51. The molecule has 2 aliphatic rings. The summed E-state index contributed by atoms with van der Waals surface area (Å²) in [6.45, 7) is 0.139. The van der Waals surface area contributed by atoms with Crippen molar-refractivity contribution in [2.24, 2.45) is 10.3 Å². The van der Waals surface area contributed by atoms with Crippen LogP contribution in [-0.4, -0.2) is 49.1 Å². The number of esters is 1. The Labute approximate surface area is 166 Å². The van der Waals surface area contributed by atoms with E-state index in [1.54, 1.807) is 42.5 Å². The fourth-order valence-electron chi connectivity index (χ4n) is 3.51. The lowest BCUT2D eigenvalue weighted by Crippen LogP contribution is -2.39. The molecule has 0 spiro atoms. The molecule has 0 unspecified atom stereocenters. The van der Waals surface area contributed by atoms with Crippen molar-refractivity contribution >= 4 is 23.5 Å². The normalized spacial score (nSPS) is 20.2. The molecule has 4 rings (SSSR count). The molecule has 9 nitrogen and oxygen atoms in total. The van der Waals surface area contributed by atoms with Crippen LogP contribution in [0.25, 0.3) is 0 Å². The van der Waals surface area contributed by atoms with Crippen molar-refractivity contribution in [3.05, 3.63) is 59.7 Å². The van der Waals surface area contributed by atoms with E-state index in [2.05, 4.69) is 10.3 Å². The van der Waals surface area contributed by atoms with E-state index in [1.807, 2.05) is 6.07 Å². The SMILES string of the molecule is COC(=O)c1ccc(OC)c(CN2N=N[C@@H]3C(=O)N(c4ccccc4)C(=O)[C@H]32)c1. The van der Waals surface area contributed by atoms with Crippen molar-refractivity contribution in [1.82, 2.24) is 5.01 Å². The maximum Gasteiger partial charge on any atom is 0.337 e. The van der Waals surface area contributed by atoms with E-state index >= 15 is 0 Å². The monoisotopic (exact) mass is 394 g/mol. The predicted octanol–water partition coefficient (Wildman–Crippen LogP) is 1.98. The summed E-state index contributed by atoms with van der Waals surface area (Å²) in [5.74, 6) is -0.766. The second-order valence-electron chi connectivity index (χ2n) is 6.56. The number of methoxy groups -OCH3 is 2. The molecule has 0 radical (unpaired) electrons. The molecule has 0 N–H and O–H groups in total. The molecule has 0 aliphatic carbocycles. The molecule has 1 saturated heterocycles. The van der Waals surface area contributed by atoms with E-state index in [9.17, 15) is 14.4 Å². The van der Waals surface area contributed by atoms with Gasteiger partial charge in [-0.05, 0) is 30.3 Å². The van der Waals surface area contributed by atoms with Crippen molar-refractivity contribution < 1.29 is 23.9 Å². The zero-order valence-corrected chi connectivity index (χ0v) is 15.8. The molecule has 2 atom stereocenters. The summed E-state index contributed by atoms with van der Waals surface area (Å²) < 4.78 is 10.1. The molecule has 0 bridgehead atoms. The first-order valence-electron chi connectivity index (χ1n) is 8.90. The number of amides is 2. The number of rotatable bonds is 5. The van der Waals surface area contributed by atoms with Crippen LogP contribution in [-0.2, 0) is 20.9 Å². The van der Waals surface area contributed by atoms with Gasteiger partial charge < -0.3 is 9.47 Å². The van der Waals surface area contributed by atoms with Gasteiger partial charge in [-0.25, -0.2) is 9.69 Å². The number of hydrogen-bond donors (Lipinski definition) is 0. The zero-order chi connectivity index (χ0) is 20.5. The van der Waals surface area contributed by atoms with E-state index in [1.165, 1.54) is 19.2 Å². The first-order chi connectivity index (χ1) is 14.0. The Morgan fingerprint density at radius 2 is 1.83 bits per heavy atom. The Balaban J connectivity index is 1.62. The first-order valence-corrected chi connectivity index (χ1v) is 8.90. The number of ether oxygens (including phenoxy) is 2. The van der Waals surface area contributed by atoms with Crippen LogP contribution in [0.5, 0.6) is 5.75 Å². The third-order valence-electron chi connectivity index (χ3n) is 4.91. The third-order valence-corrected chi connectivity index (χ3v) is 4.91. The van der Waals surface area contributed by atoms with Gasteiger partial charge in [0.25, 0.3) is 11.8 Å². The van der Waals surface area contributed by atoms with E-state index in [-0.39, 0.29) is 12.5 Å². The van der Waals surface area contributed by atoms with Gasteiger partial charge in [-0.15, -0.1) is 0 Å². The summed E-state index contributed by atoms with van der Waals surface area (Å²) in [5.41, 5.74) is 1.46. The average molecular weight is 394 g/mol. The Bertz CT molecular complexity index is 1010. The minimum absolute atomic E-state index is 0.139. The van der Waals surface area contributed by atoms with Gasteiger partial charge in [-0.2, -0.15) is 5.11 Å². The Kier molecular flexibility index (Phi) is 4.71. The molecular formula is C20H18N4O5. The Morgan fingerprint density at radius 3 is 2.52 bits per heavy atom. The lowest BCUT2D eigenvalue weighted by Gasteiger charge is -2.21. The zero-order valence-electron chi connectivity index (χ0n) is 15.8. The largest absolute Gasteiger partial charge is 0.496 e. The highest BCUT2D eigenvalue weighted by Gasteiger charge is 2.54. The molecular weight excluding hydrogens is 376 g/mol. The lowest BCUT2D eigenvalue weighted by atomic mass is 10.1. The van der Waals surface area contributed by atoms with E-state index in [0.29, 0.717) is 22.6 Å². The van der Waals surface area contributed by atoms with Gasteiger partial charge in [0.05, 0.1) is 32.0 Å². The summed E-state index contributed by atoms with van der Waals surface area (Å²) in [6.07, 6.45) is 0. The van der Waals surface area contributed by atoms with Gasteiger partial charge in [0.15, 0.2) is 12.1 Å². The van der Waals surface area contributed by atoms with Gasteiger partial charge in [0, 0.05) is 5.56 Å². The maximum absolute atomic E-state index is 13.0. The van der Waals surface area contributed by atoms with Gasteiger partial charge in [0.1, 0.15) is 5.75 Å². The summed E-state index contributed by atoms with van der Waals surface area (Å²) >= 11 is 0. The molecule has 1 fully saturated rings. The second kappa shape index (κ2) is 7.34. The summed E-state index contributed by atoms with van der Waals surface area (Å²) in [4.78, 5) is 38.7. The molecule has 2 amide bonds. The average Bonchev–Trinajstić information content (AvgIpc) is 3.27. The molecule has 2 aromatic carbocycles. The molecule has 2 heterocycles. The van der Waals surface area contributed by atoms with Crippen LogP contribution < -0.4 is 9.64 Å². The molecule has 2 aliphatic heterocycles. The maximum atomic E-state index is 13.0. The second-order valence-corrected chi connectivity index (χ2v) is 6.56. The highest BCUT2D eigenvalue weighted by molar-refractivity contribution is 6.25. The number of para-hydroxylation sites is 1. The van der Waals surface area contributed by atoms with Crippen LogP contribution in [0.15, 0.2) is 58.9 Å². The van der Waals surface area contributed by atoms with E-state index < -0.39 is 24.0 Å². The number of nitrogens with zero attached hydrogens (tertiary/aromatic N) is 4. The minimum Gasteiger partial charge on any atom is -0.496 e. The molecule has 148 valence electrons. The van der Waals surface area contributed by atoms with Crippen molar-refractivity contribution in [2.45, 2.75) is 18.6 Å². The topological polar surface area (TPSA) is 101 Å². The van der Waals surface area contributed by atoms with Gasteiger partial charge in [-0.1, -0.05) is 23.4 Å². The Morgan fingerprint density at radius 1 is 1.07 bits per heavy atom. The van der Waals surface area contributed by atoms with Crippen LogP contribution in [0.2, 0.25) is 0 Å². The minimum atomic E-state index is -0.891. The molecule has 9 heteroatoms. The number of imide groups is 1. The molecule has 29 heavy (non-hydrogen) atoms. The number of carbonyl (C=O) groups is 3. The number of benzene rings is 2. The quantitative estimate of drug-likeness (QED) is 0.568. The van der Waals surface area contributed by atoms with E-state index in [4.69, 9.17) is 9.47 Å². The van der Waals surface area contributed by atoms with Gasteiger partial charge in [0.2, 0.25) is 0 Å². The third kappa shape index (κ3) is 3.10. The number of anilines is 1. The van der Waals surface area contributed by atoms with Crippen molar-refractivity contribution in [3.63, 3.8) is 0 Å². The molecule has 0 aromatic heterocycles. The summed E-state index contributed by atoms with van der Waals surface area (Å²) in [7, 11) is 2.80. The van der Waals surface area contributed by atoms with Crippen LogP contribution in [0.1, 0.15) is 15.9 Å². The van der Waals surface area contributed by atoms with Crippen LogP contribution in [0.4, 0.5) is 5.69 Å². The molecule has 2 aromatic rings. The summed E-state index contributed by atoms with van der Waals surface area (Å²) in [6, 6.07) is 11.8. The Hall–Kier alpha value is -3.75. The number of hydrogen-bond acceptors (Lipinski definition) is 8. The van der Waals surface area contributed by atoms with Crippen molar-refractivity contribution in [3.8, 4) is 5.75 Å². The highest BCUT2D eigenvalue weighted by Crippen LogP contribution is 2.34. The number of carbonyl (C=O) groups excluding carboxylic acids is 3. The van der Waals surface area contributed by atoms with Crippen molar-refractivity contribution in [2.75, 3.05) is 19.1 Å². The molecule has 0 saturated carbocycles. The van der Waals surface area contributed by atoms with Crippen LogP contribution >= 0.6 is 0 Å². The van der Waals surface area contributed by atoms with Gasteiger partial charge in [-0.3, -0.25) is 14.6 Å². The van der Waals surface area contributed by atoms with Crippen LogP contribution in [0, 0.1) is 0 Å². The lowest BCUT2D eigenvalue weighted by molar-refractivity contribution is -0.123.